The highest BCUT2D eigenvalue weighted by molar-refractivity contribution is 7.81. The van der Waals surface area contributed by atoms with Crippen LogP contribution in [0.3, 0.4) is 0 Å². The molecule has 0 aromatic heterocycles. The Balaban J connectivity index is 3.63. The van der Waals surface area contributed by atoms with E-state index in [0.717, 1.165) is 6.54 Å². The maximum atomic E-state index is 10.8. The van der Waals surface area contributed by atoms with Gasteiger partial charge in [-0.3, -0.25) is 0 Å². The summed E-state index contributed by atoms with van der Waals surface area (Å²) in [4.78, 5) is 0. The van der Waals surface area contributed by atoms with Crippen molar-refractivity contribution in [3.63, 3.8) is 0 Å². The summed E-state index contributed by atoms with van der Waals surface area (Å²) in [6.45, 7) is 3.28. The Morgan fingerprint density at radius 2 is 2.30 bits per heavy atom. The number of hydrogen-bond donors (Lipinski definition) is 0. The fourth-order valence-corrected chi connectivity index (χ4v) is 1.36. The van der Waals surface area contributed by atoms with Gasteiger partial charge in [-0.1, -0.05) is 6.92 Å². The van der Waals surface area contributed by atoms with Gasteiger partial charge < -0.3 is 0 Å². The van der Waals surface area contributed by atoms with Crippen molar-refractivity contribution in [1.82, 2.24) is 4.31 Å². The zero-order chi connectivity index (χ0) is 7.98. The average Bonchev–Trinajstić information content (AvgIpc) is 1.89. The Morgan fingerprint density at radius 1 is 1.70 bits per heavy atom. The minimum Gasteiger partial charge on any atom is -0.243 e. The molecule has 3 nitrogen and oxygen atoms in total. The van der Waals surface area contributed by atoms with E-state index >= 15 is 0 Å². The molecule has 0 aromatic rings. The third-order valence-electron chi connectivity index (χ3n) is 1.19. The highest BCUT2D eigenvalue weighted by Gasteiger charge is 2.03. The van der Waals surface area contributed by atoms with E-state index in [1.165, 1.54) is 0 Å². The van der Waals surface area contributed by atoms with Gasteiger partial charge in [-0.25, -0.2) is 8.51 Å². The van der Waals surface area contributed by atoms with Crippen molar-refractivity contribution in [3.05, 3.63) is 0 Å². The first-order valence-electron chi connectivity index (χ1n) is 3.17. The van der Waals surface area contributed by atoms with Gasteiger partial charge >= 0.3 is 0 Å². The number of nitriles is 1. The summed E-state index contributed by atoms with van der Waals surface area (Å²) < 4.78 is 12.6. The van der Waals surface area contributed by atoms with Crippen molar-refractivity contribution in [2.24, 2.45) is 0 Å². The molecule has 0 spiro atoms. The molecule has 0 fully saturated rings. The monoisotopic (exact) mass is 160 g/mol. The Bertz CT molecular complexity index is 152. The maximum Gasteiger partial charge on any atom is 0.0910 e. The predicted molar refractivity (Wildman–Crippen MR) is 41.5 cm³/mol. The van der Waals surface area contributed by atoms with Crippen molar-refractivity contribution in [2.75, 3.05) is 19.3 Å². The minimum absolute atomic E-state index is 0.452. The van der Waals surface area contributed by atoms with Crippen molar-refractivity contribution in [2.45, 2.75) is 13.3 Å². The van der Waals surface area contributed by atoms with E-state index < -0.39 is 11.0 Å². The molecule has 0 radical (unpaired) electrons. The van der Waals surface area contributed by atoms with Gasteiger partial charge in [-0.05, 0) is 0 Å². The topological polar surface area (TPSA) is 44.1 Å². The first kappa shape index (κ1) is 9.60. The van der Waals surface area contributed by atoms with Crippen LogP contribution >= 0.6 is 0 Å². The van der Waals surface area contributed by atoms with Gasteiger partial charge in [0.25, 0.3) is 0 Å². The van der Waals surface area contributed by atoms with E-state index in [0.29, 0.717) is 13.0 Å². The molecule has 0 aromatic carbocycles. The molecule has 10 heavy (non-hydrogen) atoms. The van der Waals surface area contributed by atoms with Gasteiger partial charge in [0.05, 0.1) is 17.1 Å². The molecular formula is C6H12N2OS. The fourth-order valence-electron chi connectivity index (χ4n) is 0.643. The van der Waals surface area contributed by atoms with Crippen LogP contribution in [0.4, 0.5) is 0 Å². The molecule has 58 valence electrons. The quantitative estimate of drug-likeness (QED) is 0.601. The summed E-state index contributed by atoms with van der Waals surface area (Å²) in [7, 11) is -0.923. The molecule has 0 bridgehead atoms. The van der Waals surface area contributed by atoms with E-state index in [1.807, 2.05) is 13.0 Å². The lowest BCUT2D eigenvalue weighted by Crippen LogP contribution is -2.25. The molecule has 0 amide bonds. The van der Waals surface area contributed by atoms with Crippen LogP contribution in [0.2, 0.25) is 0 Å². The number of hydrogen-bond acceptors (Lipinski definition) is 2. The summed E-state index contributed by atoms with van der Waals surface area (Å²) in [5, 5.41) is 8.22. The second kappa shape index (κ2) is 5.39. The van der Waals surface area contributed by atoms with E-state index in [1.54, 1.807) is 10.6 Å². The lowest BCUT2D eigenvalue weighted by atomic mass is 10.5. The lowest BCUT2D eigenvalue weighted by molar-refractivity contribution is 0.478. The second-order valence-electron chi connectivity index (χ2n) is 1.85. The van der Waals surface area contributed by atoms with Crippen LogP contribution in [-0.2, 0) is 11.0 Å². The minimum atomic E-state index is -0.923. The standard InChI is InChI=1S/C6H12N2OS/c1-3-8(10(2)9)6-4-5-7/h3-4,6H2,1-2H3. The molecule has 0 aliphatic rings. The molecule has 0 saturated heterocycles. The van der Waals surface area contributed by atoms with Crippen LogP contribution in [0.25, 0.3) is 0 Å². The fraction of sp³-hybridized carbons (Fsp3) is 0.833. The van der Waals surface area contributed by atoms with Crippen LogP contribution in [0, 0.1) is 11.3 Å². The third-order valence-corrected chi connectivity index (χ3v) is 2.36. The van der Waals surface area contributed by atoms with Gasteiger partial charge in [0, 0.05) is 25.8 Å². The van der Waals surface area contributed by atoms with Gasteiger partial charge in [0.2, 0.25) is 0 Å². The zero-order valence-corrected chi connectivity index (χ0v) is 7.15. The van der Waals surface area contributed by atoms with E-state index in [-0.39, 0.29) is 0 Å². The smallest absolute Gasteiger partial charge is 0.0910 e. The predicted octanol–water partition coefficient (Wildman–Crippen LogP) is 0.515. The molecule has 0 heterocycles. The van der Waals surface area contributed by atoms with Gasteiger partial charge in [-0.15, -0.1) is 0 Å². The Kier molecular flexibility index (Phi) is 5.17. The van der Waals surface area contributed by atoms with Gasteiger partial charge in [0.15, 0.2) is 0 Å². The Hall–Kier alpha value is -0.400. The summed E-state index contributed by atoms with van der Waals surface area (Å²) in [6.07, 6.45) is 2.08. The molecule has 0 rings (SSSR count). The summed E-state index contributed by atoms with van der Waals surface area (Å²) in [5.41, 5.74) is 0. The molecule has 0 saturated carbocycles. The average molecular weight is 160 g/mol. The highest BCUT2D eigenvalue weighted by Crippen LogP contribution is 1.92. The lowest BCUT2D eigenvalue weighted by Gasteiger charge is -2.13. The van der Waals surface area contributed by atoms with Crippen LogP contribution in [0.5, 0.6) is 0 Å². The summed E-state index contributed by atoms with van der Waals surface area (Å²) >= 11 is 0. The van der Waals surface area contributed by atoms with Crippen molar-refractivity contribution in [1.29, 1.82) is 5.26 Å². The molecule has 1 unspecified atom stereocenters. The Morgan fingerprint density at radius 3 is 2.60 bits per heavy atom. The van der Waals surface area contributed by atoms with Crippen molar-refractivity contribution < 1.29 is 4.21 Å². The van der Waals surface area contributed by atoms with Crippen molar-refractivity contribution in [3.8, 4) is 6.07 Å². The first-order chi connectivity index (χ1) is 4.72. The van der Waals surface area contributed by atoms with Crippen LogP contribution in [0.1, 0.15) is 13.3 Å². The van der Waals surface area contributed by atoms with Gasteiger partial charge in [0.1, 0.15) is 0 Å². The third kappa shape index (κ3) is 3.59. The van der Waals surface area contributed by atoms with E-state index in [4.69, 9.17) is 5.26 Å². The SMILES string of the molecule is CCN(CCC#N)S(C)=O. The number of nitrogens with zero attached hydrogens (tertiary/aromatic N) is 2. The summed E-state index contributed by atoms with van der Waals surface area (Å²) in [5.74, 6) is 0. The number of rotatable bonds is 4. The van der Waals surface area contributed by atoms with Gasteiger partial charge in [-0.2, -0.15) is 5.26 Å². The van der Waals surface area contributed by atoms with E-state index in [9.17, 15) is 4.21 Å². The van der Waals surface area contributed by atoms with E-state index in [2.05, 4.69) is 0 Å². The molecule has 1 atom stereocenters. The molecule has 0 aliphatic carbocycles. The van der Waals surface area contributed by atoms with Crippen LogP contribution < -0.4 is 0 Å². The highest BCUT2D eigenvalue weighted by atomic mass is 32.2. The zero-order valence-electron chi connectivity index (χ0n) is 6.33. The largest absolute Gasteiger partial charge is 0.243 e. The van der Waals surface area contributed by atoms with Crippen LogP contribution in [0.15, 0.2) is 0 Å². The molecule has 4 heteroatoms. The molecule has 0 aliphatic heterocycles. The molecular weight excluding hydrogens is 148 g/mol. The van der Waals surface area contributed by atoms with Crippen molar-refractivity contribution >= 4 is 11.0 Å². The normalized spacial score (nSPS) is 13.0. The first-order valence-corrected chi connectivity index (χ1v) is 4.69. The maximum absolute atomic E-state index is 10.8. The summed E-state index contributed by atoms with van der Waals surface area (Å²) in [6, 6.07) is 2.01. The second-order valence-corrected chi connectivity index (χ2v) is 3.22. The van der Waals surface area contributed by atoms with Crippen LogP contribution in [-0.4, -0.2) is 27.9 Å². The Labute approximate surface area is 64.2 Å². The molecule has 0 N–H and O–H groups in total.